The first-order chi connectivity index (χ1) is 12.6. The first-order valence-electron chi connectivity index (χ1n) is 8.08. The van der Waals surface area contributed by atoms with E-state index >= 15 is 0 Å². The summed E-state index contributed by atoms with van der Waals surface area (Å²) < 4.78 is 2.85. The minimum atomic E-state index is -0.102. The van der Waals surface area contributed by atoms with Gasteiger partial charge in [-0.2, -0.15) is 0 Å². The van der Waals surface area contributed by atoms with Crippen LogP contribution in [0.4, 0.5) is 5.69 Å². The highest BCUT2D eigenvalue weighted by Gasteiger charge is 2.23. The van der Waals surface area contributed by atoms with E-state index in [-0.39, 0.29) is 11.3 Å². The molecule has 130 valence electrons. The lowest BCUT2D eigenvalue weighted by atomic mass is 10.1. The molecule has 26 heavy (non-hydrogen) atoms. The SMILES string of the molecule is CN1C(=c2sc(=CC(=O)c3ccccc3)n(C)c2=O)Sc2ccccc21. The van der Waals surface area contributed by atoms with Gasteiger partial charge in [-0.3, -0.25) is 9.59 Å². The number of thioether (sulfide) groups is 1. The number of para-hydroxylation sites is 1. The third-order valence-electron chi connectivity index (χ3n) is 4.28. The van der Waals surface area contributed by atoms with Crippen LogP contribution in [0.15, 0.2) is 64.3 Å². The normalized spacial score (nSPS) is 16.1. The van der Waals surface area contributed by atoms with Crippen molar-refractivity contribution in [3.63, 3.8) is 0 Å². The minimum Gasteiger partial charge on any atom is -0.337 e. The Bertz CT molecular complexity index is 1180. The number of Topliss-reactive ketones (excluding diaryl/α,β-unsaturated/α-hetero) is 1. The average Bonchev–Trinajstić information content (AvgIpc) is 3.14. The van der Waals surface area contributed by atoms with Crippen LogP contribution in [-0.2, 0) is 7.05 Å². The Morgan fingerprint density at radius 2 is 1.69 bits per heavy atom. The Labute approximate surface area is 158 Å². The van der Waals surface area contributed by atoms with Gasteiger partial charge in [-0.15, -0.1) is 11.3 Å². The predicted molar refractivity (Wildman–Crippen MR) is 108 cm³/mol. The van der Waals surface area contributed by atoms with Crippen LogP contribution in [0.1, 0.15) is 10.4 Å². The van der Waals surface area contributed by atoms with Gasteiger partial charge in [0.05, 0.1) is 5.69 Å². The molecule has 0 bridgehead atoms. The lowest BCUT2D eigenvalue weighted by Crippen LogP contribution is -2.32. The summed E-state index contributed by atoms with van der Waals surface area (Å²) >= 11 is 2.94. The second-order valence-corrected chi connectivity index (χ2v) is 8.00. The number of ketones is 1. The van der Waals surface area contributed by atoms with Crippen molar-refractivity contribution < 1.29 is 4.79 Å². The molecule has 0 saturated carbocycles. The Balaban J connectivity index is 1.85. The van der Waals surface area contributed by atoms with E-state index in [9.17, 15) is 9.59 Å². The predicted octanol–water partition coefficient (Wildman–Crippen LogP) is 2.42. The molecule has 4 rings (SSSR count). The average molecular weight is 380 g/mol. The van der Waals surface area contributed by atoms with Gasteiger partial charge in [0.15, 0.2) is 5.78 Å². The zero-order valence-corrected chi connectivity index (χ0v) is 15.9. The molecular formula is C20H16N2O2S2. The summed E-state index contributed by atoms with van der Waals surface area (Å²) in [5, 5.41) is 0.906. The highest BCUT2D eigenvalue weighted by atomic mass is 32.2. The van der Waals surface area contributed by atoms with Gasteiger partial charge in [-0.25, -0.2) is 0 Å². The van der Waals surface area contributed by atoms with E-state index in [0.29, 0.717) is 14.8 Å². The molecule has 0 fully saturated rings. The second kappa shape index (κ2) is 6.63. The molecule has 1 aromatic heterocycles. The molecule has 2 aromatic carbocycles. The van der Waals surface area contributed by atoms with Crippen LogP contribution in [0.2, 0.25) is 0 Å². The minimum absolute atomic E-state index is 0.0794. The van der Waals surface area contributed by atoms with Gasteiger partial charge in [-0.1, -0.05) is 54.2 Å². The molecule has 6 heteroatoms. The fourth-order valence-electron chi connectivity index (χ4n) is 2.83. The molecule has 4 nitrogen and oxygen atoms in total. The van der Waals surface area contributed by atoms with E-state index in [1.54, 1.807) is 35.5 Å². The van der Waals surface area contributed by atoms with Gasteiger partial charge in [-0.05, 0) is 12.1 Å². The van der Waals surface area contributed by atoms with Gasteiger partial charge in [0.2, 0.25) is 0 Å². The number of thiazole rings is 1. The van der Waals surface area contributed by atoms with Crippen LogP contribution >= 0.6 is 23.1 Å². The van der Waals surface area contributed by atoms with Crippen LogP contribution in [0.5, 0.6) is 0 Å². The van der Waals surface area contributed by atoms with Crippen molar-refractivity contribution in [2.45, 2.75) is 4.90 Å². The van der Waals surface area contributed by atoms with Gasteiger partial charge in [0.25, 0.3) is 5.56 Å². The summed E-state index contributed by atoms with van der Waals surface area (Å²) in [4.78, 5) is 28.4. The lowest BCUT2D eigenvalue weighted by Gasteiger charge is -2.11. The number of hydrogen-bond acceptors (Lipinski definition) is 5. The third-order valence-corrected chi connectivity index (χ3v) is 6.82. The zero-order chi connectivity index (χ0) is 18.3. The van der Waals surface area contributed by atoms with Gasteiger partial charge >= 0.3 is 0 Å². The molecule has 1 aliphatic rings. The smallest absolute Gasteiger partial charge is 0.271 e. The van der Waals surface area contributed by atoms with Crippen molar-refractivity contribution in [2.24, 2.45) is 7.05 Å². The number of carbonyl (C=O) groups is 1. The molecule has 0 N–H and O–H groups in total. The molecule has 1 aliphatic heterocycles. The molecule has 2 heterocycles. The van der Waals surface area contributed by atoms with Crippen molar-refractivity contribution in [1.82, 2.24) is 4.57 Å². The van der Waals surface area contributed by atoms with Crippen molar-refractivity contribution in [3.8, 4) is 0 Å². The van der Waals surface area contributed by atoms with Gasteiger partial charge < -0.3 is 9.47 Å². The fraction of sp³-hybridized carbons (Fsp3) is 0.100. The number of fused-ring (bicyclic) bond motifs is 1. The monoisotopic (exact) mass is 380 g/mol. The van der Waals surface area contributed by atoms with Crippen molar-refractivity contribution >= 4 is 45.7 Å². The zero-order valence-electron chi connectivity index (χ0n) is 14.3. The van der Waals surface area contributed by atoms with E-state index in [1.807, 2.05) is 54.4 Å². The van der Waals surface area contributed by atoms with E-state index in [1.165, 1.54) is 17.4 Å². The quantitative estimate of drug-likeness (QED) is 0.641. The summed E-state index contributed by atoms with van der Waals surface area (Å²) in [6.45, 7) is 0. The van der Waals surface area contributed by atoms with E-state index < -0.39 is 0 Å². The van der Waals surface area contributed by atoms with Crippen LogP contribution in [0.25, 0.3) is 11.1 Å². The molecule has 0 spiro atoms. The van der Waals surface area contributed by atoms with Gasteiger partial charge in [0.1, 0.15) is 14.2 Å². The number of aromatic nitrogens is 1. The van der Waals surface area contributed by atoms with Crippen LogP contribution in [0, 0.1) is 0 Å². The first-order valence-corrected chi connectivity index (χ1v) is 9.71. The Kier molecular flexibility index (Phi) is 4.30. The van der Waals surface area contributed by atoms with Crippen LogP contribution in [0.3, 0.4) is 0 Å². The van der Waals surface area contributed by atoms with E-state index in [2.05, 4.69) is 0 Å². The van der Waals surface area contributed by atoms with E-state index in [4.69, 9.17) is 0 Å². The maximum atomic E-state index is 12.8. The van der Waals surface area contributed by atoms with Crippen molar-refractivity contribution in [3.05, 3.63) is 79.7 Å². The molecular weight excluding hydrogens is 364 g/mol. The standard InChI is InChI=1S/C20H16N2O2S2/c1-21-14-10-6-7-11-16(14)25-20(21)18-19(24)22(2)17(26-18)12-15(23)13-8-4-3-5-9-13/h3-12H,1-2H3. The number of rotatable bonds is 2. The maximum Gasteiger partial charge on any atom is 0.271 e. The highest BCUT2D eigenvalue weighted by Crippen LogP contribution is 2.44. The molecule has 0 saturated heterocycles. The number of hydrogen-bond donors (Lipinski definition) is 0. The van der Waals surface area contributed by atoms with Crippen molar-refractivity contribution in [1.29, 1.82) is 0 Å². The molecule has 0 unspecified atom stereocenters. The summed E-state index contributed by atoms with van der Waals surface area (Å²) in [6, 6.07) is 17.2. The van der Waals surface area contributed by atoms with E-state index in [0.717, 1.165) is 15.6 Å². The van der Waals surface area contributed by atoms with Crippen LogP contribution in [-0.4, -0.2) is 17.4 Å². The maximum absolute atomic E-state index is 12.8. The third kappa shape index (κ3) is 2.81. The highest BCUT2D eigenvalue weighted by molar-refractivity contribution is 8.08. The van der Waals surface area contributed by atoms with Gasteiger partial charge in [0, 0.05) is 30.6 Å². The van der Waals surface area contributed by atoms with Crippen molar-refractivity contribution in [2.75, 3.05) is 11.9 Å². The fourth-order valence-corrected chi connectivity index (χ4v) is 5.20. The Morgan fingerprint density at radius 1 is 1.00 bits per heavy atom. The number of benzene rings is 2. The van der Waals surface area contributed by atoms with Crippen LogP contribution < -0.4 is 19.7 Å². The Morgan fingerprint density at radius 3 is 2.42 bits per heavy atom. The molecule has 0 amide bonds. The summed E-state index contributed by atoms with van der Waals surface area (Å²) in [6.07, 6.45) is 1.54. The number of carbonyl (C=O) groups excluding carboxylic acids is 1. The molecule has 0 atom stereocenters. The summed E-state index contributed by atoms with van der Waals surface area (Å²) in [5.74, 6) is -0.102. The molecule has 0 aliphatic carbocycles. The summed E-state index contributed by atoms with van der Waals surface area (Å²) in [7, 11) is 3.67. The topological polar surface area (TPSA) is 42.3 Å². The molecule has 0 radical (unpaired) electrons. The number of anilines is 1. The second-order valence-electron chi connectivity index (χ2n) is 5.94. The number of nitrogens with zero attached hydrogens (tertiary/aromatic N) is 2. The largest absolute Gasteiger partial charge is 0.337 e. The Hall–Kier alpha value is -2.57. The lowest BCUT2D eigenvalue weighted by molar-refractivity contribution is 0.106. The molecule has 3 aromatic rings. The first kappa shape index (κ1) is 16.9. The summed E-state index contributed by atoms with van der Waals surface area (Å²) in [5.41, 5.74) is 1.63.